The van der Waals surface area contributed by atoms with E-state index in [-0.39, 0.29) is 11.3 Å². The molecular formula is C18H24N2O3. The normalized spacial score (nSPS) is 22.0. The highest BCUT2D eigenvalue weighted by molar-refractivity contribution is 5.97. The van der Waals surface area contributed by atoms with Gasteiger partial charge in [-0.1, -0.05) is 18.2 Å². The highest BCUT2D eigenvalue weighted by Crippen LogP contribution is 2.55. The molecule has 1 saturated heterocycles. The number of hydrogen-bond donors (Lipinski definition) is 1. The molecule has 2 fully saturated rings. The van der Waals surface area contributed by atoms with Crippen molar-refractivity contribution in [2.75, 3.05) is 11.9 Å². The molecule has 0 bridgehead atoms. The van der Waals surface area contributed by atoms with Crippen LogP contribution in [0.15, 0.2) is 30.3 Å². The van der Waals surface area contributed by atoms with E-state index in [0.29, 0.717) is 6.54 Å². The van der Waals surface area contributed by atoms with Gasteiger partial charge in [0.25, 0.3) is 0 Å². The maximum atomic E-state index is 12.7. The van der Waals surface area contributed by atoms with Crippen molar-refractivity contribution < 1.29 is 14.3 Å². The molecule has 3 rings (SSSR count). The highest BCUT2D eigenvalue weighted by atomic mass is 16.6. The van der Waals surface area contributed by atoms with Crippen molar-refractivity contribution >= 4 is 17.7 Å². The molecule has 1 atom stereocenters. The van der Waals surface area contributed by atoms with Crippen molar-refractivity contribution in [2.45, 2.75) is 51.7 Å². The summed E-state index contributed by atoms with van der Waals surface area (Å²) in [4.78, 5) is 26.7. The first kappa shape index (κ1) is 15.8. The third kappa shape index (κ3) is 3.66. The molecule has 1 saturated carbocycles. The Morgan fingerprint density at radius 2 is 1.87 bits per heavy atom. The molecule has 124 valence electrons. The van der Waals surface area contributed by atoms with Crippen LogP contribution >= 0.6 is 0 Å². The van der Waals surface area contributed by atoms with Crippen LogP contribution in [0.5, 0.6) is 0 Å². The van der Waals surface area contributed by atoms with Crippen molar-refractivity contribution in [2.24, 2.45) is 5.41 Å². The van der Waals surface area contributed by atoms with E-state index in [9.17, 15) is 9.59 Å². The van der Waals surface area contributed by atoms with Crippen LogP contribution in [-0.4, -0.2) is 35.1 Å². The van der Waals surface area contributed by atoms with E-state index in [1.807, 2.05) is 51.1 Å². The molecule has 1 unspecified atom stereocenters. The zero-order valence-electron chi connectivity index (χ0n) is 14.0. The number of carbonyl (C=O) groups is 2. The largest absolute Gasteiger partial charge is 0.444 e. The predicted octanol–water partition coefficient (Wildman–Crippen LogP) is 3.41. The number of nitrogens with one attached hydrogen (secondary N) is 1. The van der Waals surface area contributed by atoms with E-state index in [0.717, 1.165) is 24.9 Å². The molecule has 1 aromatic carbocycles. The standard InChI is InChI=1S/C18H24N2O3/c1-17(2,3)23-16(22)20-12-18(9-10-18)11-14(20)15(21)19-13-7-5-4-6-8-13/h4-8,14H,9-12H2,1-3H3,(H,19,21). The van der Waals surface area contributed by atoms with Crippen LogP contribution in [-0.2, 0) is 9.53 Å². The second-order valence-electron chi connectivity index (χ2n) is 7.68. The highest BCUT2D eigenvalue weighted by Gasteiger charge is 2.55. The van der Waals surface area contributed by atoms with Crippen molar-refractivity contribution in [3.63, 3.8) is 0 Å². The van der Waals surface area contributed by atoms with E-state index in [2.05, 4.69) is 5.32 Å². The number of likely N-dealkylation sites (tertiary alicyclic amines) is 1. The number of anilines is 1. The average Bonchev–Trinajstić information content (AvgIpc) is 3.08. The van der Waals surface area contributed by atoms with Gasteiger partial charge in [-0.25, -0.2) is 4.79 Å². The van der Waals surface area contributed by atoms with Crippen molar-refractivity contribution in [3.8, 4) is 0 Å². The van der Waals surface area contributed by atoms with Crippen LogP contribution in [0, 0.1) is 5.41 Å². The summed E-state index contributed by atoms with van der Waals surface area (Å²) < 4.78 is 5.48. The van der Waals surface area contributed by atoms with E-state index >= 15 is 0 Å². The van der Waals surface area contributed by atoms with Crippen LogP contribution in [0.4, 0.5) is 10.5 Å². The zero-order chi connectivity index (χ0) is 16.7. The Morgan fingerprint density at radius 1 is 1.22 bits per heavy atom. The lowest BCUT2D eigenvalue weighted by Crippen LogP contribution is -2.45. The van der Waals surface area contributed by atoms with E-state index in [4.69, 9.17) is 4.74 Å². The Balaban J connectivity index is 1.72. The second-order valence-corrected chi connectivity index (χ2v) is 7.68. The fourth-order valence-electron chi connectivity index (χ4n) is 3.09. The Kier molecular flexibility index (Phi) is 3.82. The molecule has 1 aromatic rings. The van der Waals surface area contributed by atoms with Crippen LogP contribution in [0.1, 0.15) is 40.0 Å². The molecule has 1 N–H and O–H groups in total. The van der Waals surface area contributed by atoms with E-state index < -0.39 is 17.7 Å². The Morgan fingerprint density at radius 3 is 2.43 bits per heavy atom. The topological polar surface area (TPSA) is 58.6 Å². The van der Waals surface area contributed by atoms with Gasteiger partial charge in [-0.3, -0.25) is 9.69 Å². The van der Waals surface area contributed by atoms with Gasteiger partial charge in [-0.15, -0.1) is 0 Å². The SMILES string of the molecule is CC(C)(C)OC(=O)N1CC2(CC2)CC1C(=O)Nc1ccccc1. The summed E-state index contributed by atoms with van der Waals surface area (Å²) in [6, 6.07) is 8.89. The summed E-state index contributed by atoms with van der Waals surface area (Å²) in [5.41, 5.74) is 0.324. The Labute approximate surface area is 137 Å². The number of carbonyl (C=O) groups excluding carboxylic acids is 2. The Hall–Kier alpha value is -2.04. The first-order valence-electron chi connectivity index (χ1n) is 8.14. The van der Waals surface area contributed by atoms with Gasteiger partial charge in [0, 0.05) is 12.2 Å². The second kappa shape index (κ2) is 5.55. The molecular weight excluding hydrogens is 292 g/mol. The number of benzene rings is 1. The maximum absolute atomic E-state index is 12.7. The number of para-hydroxylation sites is 1. The van der Waals surface area contributed by atoms with E-state index in [1.54, 1.807) is 4.90 Å². The van der Waals surface area contributed by atoms with E-state index in [1.165, 1.54) is 0 Å². The Bertz CT molecular complexity index is 602. The third-order valence-electron chi connectivity index (χ3n) is 4.44. The summed E-state index contributed by atoms with van der Waals surface area (Å²) in [6.45, 7) is 6.14. The molecule has 2 amide bonds. The fourth-order valence-corrected chi connectivity index (χ4v) is 3.09. The minimum absolute atomic E-state index is 0.133. The van der Waals surface area contributed by atoms with Crippen molar-refractivity contribution in [1.29, 1.82) is 0 Å². The molecule has 0 radical (unpaired) electrons. The molecule has 1 aliphatic carbocycles. The first-order chi connectivity index (χ1) is 10.8. The fraction of sp³-hybridized carbons (Fsp3) is 0.556. The van der Waals surface area contributed by atoms with Crippen LogP contribution in [0.3, 0.4) is 0 Å². The maximum Gasteiger partial charge on any atom is 0.410 e. The van der Waals surface area contributed by atoms with Crippen LogP contribution < -0.4 is 5.32 Å². The number of ether oxygens (including phenoxy) is 1. The first-order valence-corrected chi connectivity index (χ1v) is 8.14. The quantitative estimate of drug-likeness (QED) is 0.909. The zero-order valence-corrected chi connectivity index (χ0v) is 14.0. The summed E-state index contributed by atoms with van der Waals surface area (Å²) in [5, 5.41) is 2.91. The molecule has 5 nitrogen and oxygen atoms in total. The molecule has 0 aromatic heterocycles. The van der Waals surface area contributed by atoms with Crippen molar-refractivity contribution in [1.82, 2.24) is 4.90 Å². The minimum atomic E-state index is -0.559. The summed E-state index contributed by atoms with van der Waals surface area (Å²) >= 11 is 0. The predicted molar refractivity (Wildman–Crippen MR) is 88.1 cm³/mol. The molecule has 1 spiro atoms. The van der Waals surface area contributed by atoms with Crippen molar-refractivity contribution in [3.05, 3.63) is 30.3 Å². The lowest BCUT2D eigenvalue weighted by molar-refractivity contribution is -0.120. The third-order valence-corrected chi connectivity index (χ3v) is 4.44. The van der Waals surface area contributed by atoms with Crippen LogP contribution in [0.2, 0.25) is 0 Å². The monoisotopic (exact) mass is 316 g/mol. The molecule has 1 aliphatic heterocycles. The summed E-state index contributed by atoms with van der Waals surface area (Å²) in [5.74, 6) is -0.133. The lowest BCUT2D eigenvalue weighted by atomic mass is 10.0. The van der Waals surface area contributed by atoms with Gasteiger partial charge in [0.05, 0.1) is 0 Å². The molecule has 2 aliphatic rings. The van der Waals surface area contributed by atoms with Gasteiger partial charge >= 0.3 is 6.09 Å². The van der Waals surface area contributed by atoms with Gasteiger partial charge in [0.15, 0.2) is 0 Å². The van der Waals surface area contributed by atoms with Gasteiger partial charge in [-0.05, 0) is 57.6 Å². The molecule has 5 heteroatoms. The van der Waals surface area contributed by atoms with Gasteiger partial charge in [-0.2, -0.15) is 0 Å². The van der Waals surface area contributed by atoms with Gasteiger partial charge < -0.3 is 10.1 Å². The van der Waals surface area contributed by atoms with Gasteiger partial charge in [0.1, 0.15) is 11.6 Å². The molecule has 1 heterocycles. The smallest absolute Gasteiger partial charge is 0.410 e. The number of amides is 2. The number of hydrogen-bond acceptors (Lipinski definition) is 3. The lowest BCUT2D eigenvalue weighted by Gasteiger charge is -2.28. The van der Waals surface area contributed by atoms with Crippen LogP contribution in [0.25, 0.3) is 0 Å². The summed E-state index contributed by atoms with van der Waals surface area (Å²) in [6.07, 6.45) is 2.50. The van der Waals surface area contributed by atoms with Gasteiger partial charge in [0.2, 0.25) is 5.91 Å². The number of nitrogens with zero attached hydrogens (tertiary/aromatic N) is 1. The number of rotatable bonds is 2. The molecule has 23 heavy (non-hydrogen) atoms. The summed E-state index contributed by atoms with van der Waals surface area (Å²) in [7, 11) is 0. The minimum Gasteiger partial charge on any atom is -0.444 e. The average molecular weight is 316 g/mol.